The molecular formula is C18H16FN3O3. The van der Waals surface area contributed by atoms with Crippen LogP contribution in [0.2, 0.25) is 0 Å². The Morgan fingerprint density at radius 2 is 1.84 bits per heavy atom. The number of carbonyl (C=O) groups is 1. The van der Waals surface area contributed by atoms with Gasteiger partial charge in [-0.3, -0.25) is 4.79 Å². The van der Waals surface area contributed by atoms with Crippen LogP contribution >= 0.6 is 0 Å². The average molecular weight is 341 g/mol. The summed E-state index contributed by atoms with van der Waals surface area (Å²) in [7, 11) is 0. The first-order chi connectivity index (χ1) is 12.2. The Kier molecular flexibility index (Phi) is 5.06. The fraction of sp³-hybridized carbons (Fsp3) is 0.111. The number of nitrogens with one attached hydrogen (secondary N) is 1. The number of aliphatic hydroxyl groups excluding tert-OH is 1. The standard InChI is InChI=1S/C18H16FN3O3/c19-13-1-5-15(6-2-13)22-10-9-17(21-22)18(24)20-14-3-7-16(8-4-14)25-12-11-23/h1-10,23H,11-12H2,(H,20,24). The van der Waals surface area contributed by atoms with Crippen LogP contribution in [0.5, 0.6) is 5.75 Å². The maximum absolute atomic E-state index is 13.0. The van der Waals surface area contributed by atoms with Crippen molar-refractivity contribution < 1.29 is 19.0 Å². The summed E-state index contributed by atoms with van der Waals surface area (Å²) in [6.07, 6.45) is 1.63. The van der Waals surface area contributed by atoms with Crippen LogP contribution in [-0.4, -0.2) is 34.0 Å². The number of aromatic nitrogens is 2. The molecule has 1 amide bonds. The minimum atomic E-state index is -0.357. The van der Waals surface area contributed by atoms with E-state index in [1.54, 1.807) is 48.7 Å². The second-order valence-electron chi connectivity index (χ2n) is 5.17. The van der Waals surface area contributed by atoms with Crippen molar-refractivity contribution >= 4 is 11.6 Å². The van der Waals surface area contributed by atoms with Gasteiger partial charge in [0.25, 0.3) is 5.91 Å². The fourth-order valence-electron chi connectivity index (χ4n) is 2.18. The lowest BCUT2D eigenvalue weighted by atomic mass is 10.3. The van der Waals surface area contributed by atoms with Crippen LogP contribution in [0.15, 0.2) is 60.8 Å². The van der Waals surface area contributed by atoms with Gasteiger partial charge in [-0.25, -0.2) is 9.07 Å². The summed E-state index contributed by atoms with van der Waals surface area (Å²) in [6, 6.07) is 14.2. The number of benzene rings is 2. The Hall–Kier alpha value is -3.19. The van der Waals surface area contributed by atoms with Gasteiger partial charge in [0.05, 0.1) is 12.3 Å². The highest BCUT2D eigenvalue weighted by atomic mass is 19.1. The zero-order valence-electron chi connectivity index (χ0n) is 13.2. The number of nitrogens with zero attached hydrogens (tertiary/aromatic N) is 2. The maximum atomic E-state index is 13.0. The van der Waals surface area contributed by atoms with Gasteiger partial charge in [-0.1, -0.05) is 0 Å². The molecule has 0 fully saturated rings. The normalized spacial score (nSPS) is 10.5. The van der Waals surface area contributed by atoms with E-state index in [4.69, 9.17) is 9.84 Å². The molecule has 3 aromatic rings. The third-order valence-electron chi connectivity index (χ3n) is 3.39. The molecular weight excluding hydrogens is 325 g/mol. The molecule has 2 N–H and O–H groups in total. The molecule has 25 heavy (non-hydrogen) atoms. The lowest BCUT2D eigenvalue weighted by Gasteiger charge is -2.06. The number of rotatable bonds is 6. The lowest BCUT2D eigenvalue weighted by molar-refractivity contribution is 0.102. The van der Waals surface area contributed by atoms with Gasteiger partial charge in [0.15, 0.2) is 5.69 Å². The first kappa shape index (κ1) is 16.7. The van der Waals surface area contributed by atoms with E-state index in [-0.39, 0.29) is 30.6 Å². The summed E-state index contributed by atoms with van der Waals surface area (Å²) in [5.74, 6) is -0.0854. The van der Waals surface area contributed by atoms with Crippen LogP contribution in [0.4, 0.5) is 10.1 Å². The highest BCUT2D eigenvalue weighted by molar-refractivity contribution is 6.02. The van der Waals surface area contributed by atoms with Crippen molar-refractivity contribution in [2.24, 2.45) is 0 Å². The molecule has 0 radical (unpaired) electrons. The lowest BCUT2D eigenvalue weighted by Crippen LogP contribution is -2.13. The molecule has 0 saturated heterocycles. The largest absolute Gasteiger partial charge is 0.491 e. The summed E-state index contributed by atoms with van der Waals surface area (Å²) in [4.78, 5) is 12.3. The number of halogens is 1. The van der Waals surface area contributed by atoms with E-state index in [1.807, 2.05) is 0 Å². The molecule has 1 aromatic heterocycles. The van der Waals surface area contributed by atoms with Crippen LogP contribution in [0.25, 0.3) is 5.69 Å². The van der Waals surface area contributed by atoms with Gasteiger partial charge in [-0.15, -0.1) is 0 Å². The van der Waals surface area contributed by atoms with Gasteiger partial charge in [0, 0.05) is 11.9 Å². The molecule has 0 bridgehead atoms. The monoisotopic (exact) mass is 341 g/mol. The quantitative estimate of drug-likeness (QED) is 0.723. The summed E-state index contributed by atoms with van der Waals surface area (Å²) >= 11 is 0. The molecule has 0 unspecified atom stereocenters. The van der Waals surface area contributed by atoms with Crippen molar-refractivity contribution in [3.05, 3.63) is 72.3 Å². The first-order valence-electron chi connectivity index (χ1n) is 7.62. The van der Waals surface area contributed by atoms with E-state index in [0.717, 1.165) is 0 Å². The van der Waals surface area contributed by atoms with Crippen molar-refractivity contribution in [2.75, 3.05) is 18.5 Å². The van der Waals surface area contributed by atoms with Gasteiger partial charge >= 0.3 is 0 Å². The van der Waals surface area contributed by atoms with E-state index in [9.17, 15) is 9.18 Å². The third-order valence-corrected chi connectivity index (χ3v) is 3.39. The molecule has 2 aromatic carbocycles. The zero-order valence-corrected chi connectivity index (χ0v) is 13.2. The summed E-state index contributed by atoms with van der Waals surface area (Å²) in [5.41, 5.74) is 1.49. The second-order valence-corrected chi connectivity index (χ2v) is 5.17. The number of hydrogen-bond acceptors (Lipinski definition) is 4. The maximum Gasteiger partial charge on any atom is 0.276 e. The molecule has 0 aliphatic heterocycles. The predicted molar refractivity (Wildman–Crippen MR) is 90.5 cm³/mol. The third kappa shape index (κ3) is 4.21. The van der Waals surface area contributed by atoms with E-state index in [1.165, 1.54) is 16.8 Å². The van der Waals surface area contributed by atoms with Gasteiger partial charge < -0.3 is 15.2 Å². The van der Waals surface area contributed by atoms with Crippen LogP contribution in [0.3, 0.4) is 0 Å². The van der Waals surface area contributed by atoms with Crippen LogP contribution in [0.1, 0.15) is 10.5 Å². The number of amides is 1. The SMILES string of the molecule is O=C(Nc1ccc(OCCO)cc1)c1ccn(-c2ccc(F)cc2)n1. The molecule has 0 aliphatic carbocycles. The van der Waals surface area contributed by atoms with Gasteiger partial charge in [0.2, 0.25) is 0 Å². The molecule has 3 rings (SSSR count). The minimum Gasteiger partial charge on any atom is -0.491 e. The summed E-state index contributed by atoms with van der Waals surface area (Å²) in [6.45, 7) is 0.154. The summed E-state index contributed by atoms with van der Waals surface area (Å²) < 4.78 is 19.7. The van der Waals surface area contributed by atoms with Crippen molar-refractivity contribution in [3.63, 3.8) is 0 Å². The zero-order chi connectivity index (χ0) is 17.6. The second kappa shape index (κ2) is 7.59. The fourth-order valence-corrected chi connectivity index (χ4v) is 2.18. The number of hydrogen-bond donors (Lipinski definition) is 2. The van der Waals surface area contributed by atoms with Gasteiger partial charge in [0.1, 0.15) is 18.2 Å². The van der Waals surface area contributed by atoms with Crippen LogP contribution < -0.4 is 10.1 Å². The summed E-state index contributed by atoms with van der Waals surface area (Å²) in [5, 5.41) is 15.6. The van der Waals surface area contributed by atoms with Gasteiger partial charge in [-0.05, 0) is 54.6 Å². The van der Waals surface area contributed by atoms with Crippen molar-refractivity contribution in [1.29, 1.82) is 0 Å². The predicted octanol–water partition coefficient (Wildman–Crippen LogP) is 2.63. The molecule has 1 heterocycles. The number of ether oxygens (including phenoxy) is 1. The Morgan fingerprint density at radius 3 is 2.52 bits per heavy atom. The Balaban J connectivity index is 1.66. The van der Waals surface area contributed by atoms with Gasteiger partial charge in [-0.2, -0.15) is 5.10 Å². The van der Waals surface area contributed by atoms with E-state index in [0.29, 0.717) is 17.1 Å². The van der Waals surface area contributed by atoms with Crippen molar-refractivity contribution in [2.45, 2.75) is 0 Å². The van der Waals surface area contributed by atoms with Crippen LogP contribution in [-0.2, 0) is 0 Å². The van der Waals surface area contributed by atoms with Crippen molar-refractivity contribution in [3.8, 4) is 11.4 Å². The first-order valence-corrected chi connectivity index (χ1v) is 7.62. The number of carbonyl (C=O) groups excluding carboxylic acids is 1. The van der Waals surface area contributed by atoms with Crippen LogP contribution in [0, 0.1) is 5.82 Å². The highest BCUT2D eigenvalue weighted by Gasteiger charge is 2.11. The van der Waals surface area contributed by atoms with E-state index >= 15 is 0 Å². The average Bonchev–Trinajstić information content (AvgIpc) is 3.12. The Bertz CT molecular complexity index is 845. The smallest absolute Gasteiger partial charge is 0.276 e. The number of anilines is 1. The molecule has 0 aliphatic rings. The number of aliphatic hydroxyl groups is 1. The minimum absolute atomic E-state index is 0.0603. The van der Waals surface area contributed by atoms with E-state index in [2.05, 4.69) is 10.4 Å². The highest BCUT2D eigenvalue weighted by Crippen LogP contribution is 2.16. The molecule has 128 valence electrons. The topological polar surface area (TPSA) is 76.4 Å². The molecule has 6 nitrogen and oxygen atoms in total. The molecule has 0 atom stereocenters. The Morgan fingerprint density at radius 1 is 1.12 bits per heavy atom. The van der Waals surface area contributed by atoms with Crippen molar-refractivity contribution in [1.82, 2.24) is 9.78 Å². The molecule has 0 spiro atoms. The Labute approximate surface area is 143 Å². The molecule has 0 saturated carbocycles. The molecule has 7 heteroatoms. The van der Waals surface area contributed by atoms with E-state index < -0.39 is 0 Å².